The van der Waals surface area contributed by atoms with Crippen molar-refractivity contribution in [1.29, 1.82) is 0 Å². The van der Waals surface area contributed by atoms with Crippen LogP contribution < -0.4 is 10.6 Å². The van der Waals surface area contributed by atoms with Gasteiger partial charge >= 0.3 is 6.03 Å². The summed E-state index contributed by atoms with van der Waals surface area (Å²) in [6.45, 7) is 0.568. The van der Waals surface area contributed by atoms with Gasteiger partial charge in [-0.2, -0.15) is 0 Å². The monoisotopic (exact) mass is 355 g/mol. The molecule has 5 nitrogen and oxygen atoms in total. The Hall–Kier alpha value is -2.47. The number of nitrogens with zero attached hydrogens (tertiary/aromatic N) is 1. The second kappa shape index (κ2) is 8.58. The van der Waals surface area contributed by atoms with Crippen LogP contribution in [0.5, 0.6) is 0 Å². The Morgan fingerprint density at radius 1 is 1.04 bits per heavy atom. The van der Waals surface area contributed by atoms with E-state index in [-0.39, 0.29) is 11.9 Å². The first-order chi connectivity index (χ1) is 12.2. The quantitative estimate of drug-likeness (QED) is 0.867. The Morgan fingerprint density at radius 3 is 2.44 bits per heavy atom. The van der Waals surface area contributed by atoms with Crippen molar-refractivity contribution in [3.05, 3.63) is 66.2 Å². The summed E-state index contributed by atoms with van der Waals surface area (Å²) in [6, 6.07) is 18.6. The molecule has 0 bridgehead atoms. The van der Waals surface area contributed by atoms with E-state index in [9.17, 15) is 9.59 Å². The van der Waals surface area contributed by atoms with Gasteiger partial charge in [0.25, 0.3) is 0 Å². The van der Waals surface area contributed by atoms with E-state index >= 15 is 0 Å². The zero-order chi connectivity index (χ0) is 17.5. The number of hydrogen-bond acceptors (Lipinski definition) is 3. The molecule has 3 amide bonds. The predicted octanol–water partition coefficient (Wildman–Crippen LogP) is 2.95. The molecule has 2 aromatic rings. The number of amides is 3. The van der Waals surface area contributed by atoms with E-state index < -0.39 is 6.04 Å². The zero-order valence-corrected chi connectivity index (χ0v) is 14.7. The lowest BCUT2D eigenvalue weighted by atomic mass is 10.1. The van der Waals surface area contributed by atoms with Crippen molar-refractivity contribution in [2.45, 2.75) is 12.5 Å². The molecular weight excluding hydrogens is 334 g/mol. The van der Waals surface area contributed by atoms with Crippen LogP contribution in [0, 0.1) is 0 Å². The molecule has 2 aromatic carbocycles. The summed E-state index contributed by atoms with van der Waals surface area (Å²) in [5.41, 5.74) is 1.91. The highest BCUT2D eigenvalue weighted by Gasteiger charge is 2.34. The minimum absolute atomic E-state index is 0.0934. The molecule has 0 saturated carbocycles. The average Bonchev–Trinajstić information content (AvgIpc) is 3.13. The third-order valence-electron chi connectivity index (χ3n) is 4.03. The largest absolute Gasteiger partial charge is 0.354 e. The smallest absolute Gasteiger partial charge is 0.323 e. The van der Waals surface area contributed by atoms with Gasteiger partial charge in [-0.25, -0.2) is 4.79 Å². The molecule has 0 unspecified atom stereocenters. The second-order valence-electron chi connectivity index (χ2n) is 5.81. The van der Waals surface area contributed by atoms with Crippen LogP contribution in [0.15, 0.2) is 60.7 Å². The number of para-hydroxylation sites is 1. The minimum atomic E-state index is -0.426. The molecule has 130 valence electrons. The fraction of sp³-hybridized carbons (Fsp3) is 0.263. The Kier molecular flexibility index (Phi) is 5.95. The molecule has 0 aliphatic carbocycles. The van der Waals surface area contributed by atoms with Crippen molar-refractivity contribution in [2.24, 2.45) is 0 Å². The fourth-order valence-electron chi connectivity index (χ4n) is 2.67. The summed E-state index contributed by atoms with van der Waals surface area (Å²) in [6.07, 6.45) is 0.780. The summed E-state index contributed by atoms with van der Waals surface area (Å²) in [5.74, 6) is 1.05. The molecule has 2 N–H and O–H groups in total. The van der Waals surface area contributed by atoms with Crippen molar-refractivity contribution in [3.63, 3.8) is 0 Å². The standard InChI is InChI=1S/C19H21N3O2S/c23-18(20-12-11-15-7-3-1-4-8-15)17-13-25-14-22(17)19(24)21-16-9-5-2-6-10-16/h1-10,17H,11-14H2,(H,20,23)(H,21,24)/t17-/m1/s1. The second-order valence-corrected chi connectivity index (χ2v) is 6.81. The fourth-order valence-corrected chi connectivity index (χ4v) is 3.82. The van der Waals surface area contributed by atoms with Gasteiger partial charge in [0.05, 0.1) is 5.88 Å². The highest BCUT2D eigenvalue weighted by molar-refractivity contribution is 7.99. The number of urea groups is 1. The van der Waals surface area contributed by atoms with Crippen LogP contribution in [-0.2, 0) is 11.2 Å². The van der Waals surface area contributed by atoms with Gasteiger partial charge in [-0.3, -0.25) is 4.79 Å². The van der Waals surface area contributed by atoms with E-state index in [1.165, 1.54) is 5.56 Å². The topological polar surface area (TPSA) is 61.4 Å². The van der Waals surface area contributed by atoms with E-state index in [2.05, 4.69) is 10.6 Å². The Balaban J connectivity index is 1.51. The van der Waals surface area contributed by atoms with Gasteiger partial charge in [0.2, 0.25) is 5.91 Å². The van der Waals surface area contributed by atoms with Crippen LogP contribution in [-0.4, -0.2) is 41.1 Å². The van der Waals surface area contributed by atoms with E-state index in [1.54, 1.807) is 16.7 Å². The Labute approximate surface area is 151 Å². The van der Waals surface area contributed by atoms with Gasteiger partial charge in [-0.15, -0.1) is 11.8 Å². The third kappa shape index (κ3) is 4.76. The zero-order valence-electron chi connectivity index (χ0n) is 13.9. The SMILES string of the molecule is O=C(NCCc1ccccc1)[C@H]1CSCN1C(=O)Nc1ccccc1. The molecule has 1 heterocycles. The van der Waals surface area contributed by atoms with Crippen molar-refractivity contribution < 1.29 is 9.59 Å². The summed E-state index contributed by atoms with van der Waals surface area (Å²) in [4.78, 5) is 26.5. The highest BCUT2D eigenvalue weighted by Crippen LogP contribution is 2.22. The molecule has 0 spiro atoms. The maximum Gasteiger partial charge on any atom is 0.323 e. The van der Waals surface area contributed by atoms with Crippen LogP contribution in [0.1, 0.15) is 5.56 Å². The molecule has 1 atom stereocenters. The lowest BCUT2D eigenvalue weighted by Gasteiger charge is -2.23. The number of thioether (sulfide) groups is 1. The molecular formula is C19H21N3O2S. The summed E-state index contributed by atoms with van der Waals surface area (Å²) >= 11 is 1.59. The Bertz CT molecular complexity index is 709. The summed E-state index contributed by atoms with van der Waals surface area (Å²) < 4.78 is 0. The summed E-state index contributed by atoms with van der Waals surface area (Å²) in [5, 5.41) is 5.79. The van der Waals surface area contributed by atoms with E-state index in [1.807, 2.05) is 60.7 Å². The summed E-state index contributed by atoms with van der Waals surface area (Å²) in [7, 11) is 0. The number of benzene rings is 2. The lowest BCUT2D eigenvalue weighted by Crippen LogP contribution is -2.49. The first-order valence-corrected chi connectivity index (χ1v) is 9.41. The molecule has 6 heteroatoms. The molecule has 25 heavy (non-hydrogen) atoms. The molecule has 1 aliphatic heterocycles. The number of rotatable bonds is 5. The molecule has 3 rings (SSSR count). The number of carbonyl (C=O) groups is 2. The molecule has 1 aliphatic rings. The van der Waals surface area contributed by atoms with Gasteiger partial charge in [0, 0.05) is 18.0 Å². The first kappa shape index (κ1) is 17.4. The van der Waals surface area contributed by atoms with Crippen LogP contribution in [0.2, 0.25) is 0 Å². The lowest BCUT2D eigenvalue weighted by molar-refractivity contribution is -0.124. The van der Waals surface area contributed by atoms with Crippen molar-refractivity contribution in [3.8, 4) is 0 Å². The number of nitrogens with one attached hydrogen (secondary N) is 2. The van der Waals surface area contributed by atoms with Gasteiger partial charge in [0.1, 0.15) is 6.04 Å². The van der Waals surface area contributed by atoms with Crippen LogP contribution in [0.4, 0.5) is 10.5 Å². The van der Waals surface area contributed by atoms with Gasteiger partial charge in [-0.1, -0.05) is 48.5 Å². The number of hydrogen-bond donors (Lipinski definition) is 2. The Morgan fingerprint density at radius 2 is 1.72 bits per heavy atom. The van der Waals surface area contributed by atoms with Crippen molar-refractivity contribution in [2.75, 3.05) is 23.5 Å². The van der Waals surface area contributed by atoms with Gasteiger partial charge in [-0.05, 0) is 24.1 Å². The van der Waals surface area contributed by atoms with E-state index in [0.29, 0.717) is 18.2 Å². The minimum Gasteiger partial charge on any atom is -0.354 e. The predicted molar refractivity (Wildman–Crippen MR) is 102 cm³/mol. The molecule has 1 fully saturated rings. The highest BCUT2D eigenvalue weighted by atomic mass is 32.2. The van der Waals surface area contributed by atoms with E-state index in [0.717, 1.165) is 12.1 Å². The third-order valence-corrected chi connectivity index (χ3v) is 5.04. The van der Waals surface area contributed by atoms with Crippen LogP contribution in [0.3, 0.4) is 0 Å². The average molecular weight is 355 g/mol. The van der Waals surface area contributed by atoms with Gasteiger partial charge in [0.15, 0.2) is 0 Å². The molecule has 1 saturated heterocycles. The molecule has 0 aromatic heterocycles. The molecule has 0 radical (unpaired) electrons. The van der Waals surface area contributed by atoms with E-state index in [4.69, 9.17) is 0 Å². The first-order valence-electron chi connectivity index (χ1n) is 8.26. The van der Waals surface area contributed by atoms with Crippen LogP contribution >= 0.6 is 11.8 Å². The van der Waals surface area contributed by atoms with Crippen molar-refractivity contribution >= 4 is 29.4 Å². The van der Waals surface area contributed by atoms with Gasteiger partial charge < -0.3 is 15.5 Å². The number of carbonyl (C=O) groups excluding carboxylic acids is 2. The number of anilines is 1. The van der Waals surface area contributed by atoms with Crippen LogP contribution in [0.25, 0.3) is 0 Å². The maximum atomic E-state index is 12.5. The normalized spacial score (nSPS) is 16.5. The maximum absolute atomic E-state index is 12.5. The van der Waals surface area contributed by atoms with Crippen molar-refractivity contribution in [1.82, 2.24) is 10.2 Å².